The molecule has 1 amide bonds. The van der Waals surface area contributed by atoms with Crippen molar-refractivity contribution in [2.45, 2.75) is 13.0 Å². The fraction of sp³-hybridized carbons (Fsp3) is 0.125. The van der Waals surface area contributed by atoms with Crippen LogP contribution in [0.5, 0.6) is 0 Å². The van der Waals surface area contributed by atoms with Crippen LogP contribution in [0.15, 0.2) is 42.5 Å². The standard InChI is InChI=1S/C16H12F2N2O/c1-10(12-5-6-14(17)15(18)8-12)20-16(21)13-4-2-3-11(7-13)9-19/h2-8,10H,1H3,(H,20,21). The summed E-state index contributed by atoms with van der Waals surface area (Å²) in [7, 11) is 0. The zero-order chi connectivity index (χ0) is 15.4. The van der Waals surface area contributed by atoms with Gasteiger partial charge in [-0.1, -0.05) is 12.1 Å². The van der Waals surface area contributed by atoms with Crippen LogP contribution in [-0.4, -0.2) is 5.91 Å². The van der Waals surface area contributed by atoms with Gasteiger partial charge in [-0.2, -0.15) is 5.26 Å². The predicted molar refractivity (Wildman–Crippen MR) is 73.4 cm³/mol. The summed E-state index contributed by atoms with van der Waals surface area (Å²) in [4.78, 5) is 12.1. The second-order valence-corrected chi connectivity index (χ2v) is 4.56. The minimum absolute atomic E-state index is 0.337. The number of hydrogen-bond donors (Lipinski definition) is 1. The molecule has 0 fully saturated rings. The van der Waals surface area contributed by atoms with Gasteiger partial charge in [0.2, 0.25) is 0 Å². The highest BCUT2D eigenvalue weighted by atomic mass is 19.2. The van der Waals surface area contributed by atoms with Gasteiger partial charge in [0.05, 0.1) is 17.7 Å². The summed E-state index contributed by atoms with van der Waals surface area (Å²) in [6.45, 7) is 1.67. The molecule has 1 atom stereocenters. The van der Waals surface area contributed by atoms with Crippen LogP contribution in [0.1, 0.15) is 34.5 Å². The normalized spacial score (nSPS) is 11.5. The number of carbonyl (C=O) groups is 1. The molecule has 0 radical (unpaired) electrons. The van der Waals surface area contributed by atoms with Gasteiger partial charge in [-0.05, 0) is 42.8 Å². The quantitative estimate of drug-likeness (QED) is 0.941. The van der Waals surface area contributed by atoms with Crippen LogP contribution >= 0.6 is 0 Å². The lowest BCUT2D eigenvalue weighted by molar-refractivity contribution is 0.0939. The van der Waals surface area contributed by atoms with E-state index < -0.39 is 17.7 Å². The highest BCUT2D eigenvalue weighted by Crippen LogP contribution is 2.16. The van der Waals surface area contributed by atoms with E-state index in [1.54, 1.807) is 25.1 Å². The van der Waals surface area contributed by atoms with Crippen molar-refractivity contribution >= 4 is 5.91 Å². The van der Waals surface area contributed by atoms with Crippen LogP contribution in [0.3, 0.4) is 0 Å². The second-order valence-electron chi connectivity index (χ2n) is 4.56. The van der Waals surface area contributed by atoms with E-state index in [4.69, 9.17) is 5.26 Å². The largest absolute Gasteiger partial charge is 0.346 e. The molecule has 2 rings (SSSR count). The van der Waals surface area contributed by atoms with Crippen LogP contribution < -0.4 is 5.32 Å². The van der Waals surface area contributed by atoms with Crippen molar-refractivity contribution in [1.82, 2.24) is 5.32 Å². The number of nitrogens with zero attached hydrogens (tertiary/aromatic N) is 1. The molecule has 0 aromatic heterocycles. The van der Waals surface area contributed by atoms with E-state index in [2.05, 4.69) is 5.32 Å². The topological polar surface area (TPSA) is 52.9 Å². The van der Waals surface area contributed by atoms with Gasteiger partial charge in [0.15, 0.2) is 11.6 Å². The Balaban J connectivity index is 2.14. The fourth-order valence-electron chi connectivity index (χ4n) is 1.88. The third-order valence-corrected chi connectivity index (χ3v) is 3.05. The Morgan fingerprint density at radius 1 is 1.19 bits per heavy atom. The van der Waals surface area contributed by atoms with Crippen molar-refractivity contribution in [3.05, 3.63) is 70.8 Å². The van der Waals surface area contributed by atoms with E-state index in [0.29, 0.717) is 16.7 Å². The molecule has 1 N–H and O–H groups in total. The number of halogens is 2. The summed E-state index contributed by atoms with van der Waals surface area (Å²) in [6, 6.07) is 11.2. The molecule has 0 heterocycles. The summed E-state index contributed by atoms with van der Waals surface area (Å²) in [5.41, 5.74) is 1.17. The summed E-state index contributed by atoms with van der Waals surface area (Å²) < 4.78 is 26.1. The van der Waals surface area contributed by atoms with E-state index in [-0.39, 0.29) is 5.91 Å². The van der Waals surface area contributed by atoms with Gasteiger partial charge in [0.1, 0.15) is 0 Å². The van der Waals surface area contributed by atoms with Crippen molar-refractivity contribution in [2.24, 2.45) is 0 Å². The van der Waals surface area contributed by atoms with Crippen LogP contribution in [-0.2, 0) is 0 Å². The molecule has 0 spiro atoms. The molecule has 21 heavy (non-hydrogen) atoms. The molecule has 0 saturated carbocycles. The van der Waals surface area contributed by atoms with Crippen LogP contribution in [0.2, 0.25) is 0 Å². The Bertz CT molecular complexity index is 722. The van der Waals surface area contributed by atoms with Gasteiger partial charge in [-0.25, -0.2) is 8.78 Å². The van der Waals surface area contributed by atoms with Crippen molar-refractivity contribution in [3.63, 3.8) is 0 Å². The zero-order valence-electron chi connectivity index (χ0n) is 11.2. The zero-order valence-corrected chi connectivity index (χ0v) is 11.2. The molecule has 106 valence electrons. The molecule has 0 aliphatic carbocycles. The van der Waals surface area contributed by atoms with Gasteiger partial charge in [-0.15, -0.1) is 0 Å². The number of carbonyl (C=O) groups excluding carboxylic acids is 1. The average molecular weight is 286 g/mol. The van der Waals surface area contributed by atoms with E-state index in [0.717, 1.165) is 12.1 Å². The van der Waals surface area contributed by atoms with Crippen molar-refractivity contribution < 1.29 is 13.6 Å². The Morgan fingerprint density at radius 3 is 2.62 bits per heavy atom. The predicted octanol–water partition coefficient (Wildman–Crippen LogP) is 3.33. The molecule has 3 nitrogen and oxygen atoms in total. The van der Waals surface area contributed by atoms with Crippen LogP contribution in [0.25, 0.3) is 0 Å². The molecule has 0 bridgehead atoms. The first-order valence-corrected chi connectivity index (χ1v) is 6.27. The summed E-state index contributed by atoms with van der Waals surface area (Å²) in [5, 5.41) is 11.5. The maximum Gasteiger partial charge on any atom is 0.251 e. The van der Waals surface area contributed by atoms with E-state index >= 15 is 0 Å². The molecular weight excluding hydrogens is 274 g/mol. The Hall–Kier alpha value is -2.74. The lowest BCUT2D eigenvalue weighted by Crippen LogP contribution is -2.26. The average Bonchev–Trinajstić information content (AvgIpc) is 2.49. The number of amides is 1. The van der Waals surface area contributed by atoms with Crippen LogP contribution in [0.4, 0.5) is 8.78 Å². The molecule has 1 unspecified atom stereocenters. The van der Waals surface area contributed by atoms with Crippen molar-refractivity contribution in [2.75, 3.05) is 0 Å². The lowest BCUT2D eigenvalue weighted by atomic mass is 10.1. The molecule has 2 aromatic rings. The molecule has 0 aliphatic heterocycles. The SMILES string of the molecule is CC(NC(=O)c1cccc(C#N)c1)c1ccc(F)c(F)c1. The van der Waals surface area contributed by atoms with Crippen molar-refractivity contribution in [3.8, 4) is 6.07 Å². The van der Waals surface area contributed by atoms with E-state index in [1.807, 2.05) is 6.07 Å². The maximum absolute atomic E-state index is 13.2. The van der Waals surface area contributed by atoms with Gasteiger partial charge in [0, 0.05) is 5.56 Å². The fourth-order valence-corrected chi connectivity index (χ4v) is 1.88. The first-order chi connectivity index (χ1) is 10.0. The minimum Gasteiger partial charge on any atom is -0.346 e. The van der Waals surface area contributed by atoms with Gasteiger partial charge in [0.25, 0.3) is 5.91 Å². The number of benzene rings is 2. The maximum atomic E-state index is 13.2. The van der Waals surface area contributed by atoms with Gasteiger partial charge < -0.3 is 5.32 Å². The third kappa shape index (κ3) is 3.42. The van der Waals surface area contributed by atoms with Gasteiger partial charge in [-0.3, -0.25) is 4.79 Å². The van der Waals surface area contributed by atoms with Gasteiger partial charge >= 0.3 is 0 Å². The lowest BCUT2D eigenvalue weighted by Gasteiger charge is -2.14. The first-order valence-electron chi connectivity index (χ1n) is 6.27. The number of nitriles is 1. The minimum atomic E-state index is -0.958. The molecular formula is C16H12F2N2O. The summed E-state index contributed by atoms with van der Waals surface area (Å²) >= 11 is 0. The highest BCUT2D eigenvalue weighted by molar-refractivity contribution is 5.94. The first kappa shape index (κ1) is 14.7. The van der Waals surface area contributed by atoms with Crippen LogP contribution in [0, 0.1) is 23.0 Å². The number of rotatable bonds is 3. The summed E-state index contributed by atoms with van der Waals surface area (Å²) in [6.07, 6.45) is 0. The second kappa shape index (κ2) is 6.14. The third-order valence-electron chi connectivity index (χ3n) is 3.05. The van der Waals surface area contributed by atoms with E-state index in [9.17, 15) is 13.6 Å². The highest BCUT2D eigenvalue weighted by Gasteiger charge is 2.13. The van der Waals surface area contributed by atoms with Crippen molar-refractivity contribution in [1.29, 1.82) is 5.26 Å². The van der Waals surface area contributed by atoms with E-state index in [1.165, 1.54) is 12.1 Å². The molecule has 0 saturated heterocycles. The molecule has 5 heteroatoms. The summed E-state index contributed by atoms with van der Waals surface area (Å²) in [5.74, 6) is -2.27. The Labute approximate surface area is 120 Å². The molecule has 2 aromatic carbocycles. The smallest absolute Gasteiger partial charge is 0.251 e. The Kier molecular flexibility index (Phi) is 4.29. The molecule has 0 aliphatic rings. The number of nitrogens with one attached hydrogen (secondary N) is 1. The number of hydrogen-bond acceptors (Lipinski definition) is 2. The Morgan fingerprint density at radius 2 is 1.95 bits per heavy atom. The monoisotopic (exact) mass is 286 g/mol.